The van der Waals surface area contributed by atoms with E-state index in [0.717, 1.165) is 40.5 Å². The SMILES string of the molecule is CC1(C)c2ccccc2-c2cccc(N(c3ccc4c(c3)-c3oc5ccc(N(c6ccccc6-c6ccccc6)c6cccc7c6Cc6ccccc6-7)cc5c3[Si]4(C)C)c3ccccc3-c3ccccc3)c21. The average Bonchev–Trinajstić information content (AvgIpc) is 4.13. The van der Waals surface area contributed by atoms with Crippen molar-refractivity contribution < 1.29 is 4.42 Å². The standard InChI is InChI=1S/C68H52N2OSi/c1-68(2)58-32-16-13-29-53(58)54-31-20-36-62(65(54)68)70(60-34-18-15-28-51(60)45-23-9-6-10-24-45)48-38-40-64-57(43-48)66-67(72(64,3)4)56-42-47(37-39-63(56)71-66)69(59-33-17-14-27-50(59)44-21-7-5-8-22-44)61-35-19-30-52-49-26-12-11-25-46(49)41-55(52)61/h5-40,42-43H,41H2,1-4H3. The second-order valence-corrected chi connectivity index (χ2v) is 25.1. The van der Waals surface area contributed by atoms with Gasteiger partial charge in [0.05, 0.1) is 22.7 Å². The molecule has 2 aliphatic carbocycles. The van der Waals surface area contributed by atoms with E-state index >= 15 is 0 Å². The van der Waals surface area contributed by atoms with Crippen LogP contribution in [-0.4, -0.2) is 8.07 Å². The molecule has 0 radical (unpaired) electrons. The minimum Gasteiger partial charge on any atom is -0.456 e. The highest BCUT2D eigenvalue weighted by Gasteiger charge is 2.44. The van der Waals surface area contributed by atoms with Crippen molar-refractivity contribution in [3.05, 3.63) is 253 Å². The van der Waals surface area contributed by atoms with E-state index in [1.54, 1.807) is 0 Å². The number of hydrogen-bond donors (Lipinski definition) is 0. The van der Waals surface area contributed by atoms with Crippen LogP contribution in [-0.2, 0) is 11.8 Å². The lowest BCUT2D eigenvalue weighted by Crippen LogP contribution is -2.49. The molecule has 0 amide bonds. The number of furan rings is 1. The third-order valence-electron chi connectivity index (χ3n) is 16.1. The Kier molecular flexibility index (Phi) is 9.46. The Morgan fingerprint density at radius 2 is 0.958 bits per heavy atom. The molecule has 0 bridgehead atoms. The first kappa shape index (κ1) is 42.4. The molecule has 0 unspecified atom stereocenters. The molecule has 1 aromatic heterocycles. The molecule has 3 aliphatic rings. The first-order valence-electron chi connectivity index (χ1n) is 25.3. The molecule has 0 saturated heterocycles. The van der Waals surface area contributed by atoms with Crippen LogP contribution in [0, 0.1) is 0 Å². The van der Waals surface area contributed by atoms with E-state index in [2.05, 4.69) is 267 Å². The summed E-state index contributed by atoms with van der Waals surface area (Å²) in [4.78, 5) is 5.04. The third kappa shape index (κ3) is 6.28. The lowest BCUT2D eigenvalue weighted by Gasteiger charge is -2.33. The summed E-state index contributed by atoms with van der Waals surface area (Å²) in [5.41, 5.74) is 24.2. The van der Waals surface area contributed by atoms with Gasteiger partial charge in [-0.15, -0.1) is 0 Å². The van der Waals surface area contributed by atoms with Crippen LogP contribution in [0.4, 0.5) is 34.1 Å². The molecule has 0 saturated carbocycles. The number of anilines is 6. The summed E-state index contributed by atoms with van der Waals surface area (Å²) in [5.74, 6) is 1.00. The van der Waals surface area contributed by atoms with Gasteiger partial charge in [0.15, 0.2) is 0 Å². The van der Waals surface area contributed by atoms with Crippen molar-refractivity contribution in [3.8, 4) is 55.8 Å². The van der Waals surface area contributed by atoms with Crippen molar-refractivity contribution in [1.82, 2.24) is 0 Å². The van der Waals surface area contributed by atoms with E-state index in [9.17, 15) is 0 Å². The van der Waals surface area contributed by atoms with Crippen LogP contribution in [0.25, 0.3) is 66.8 Å². The fraction of sp³-hybridized carbons (Fsp3) is 0.0882. The monoisotopic (exact) mass is 940 g/mol. The van der Waals surface area contributed by atoms with Gasteiger partial charge in [-0.3, -0.25) is 0 Å². The van der Waals surface area contributed by atoms with Crippen molar-refractivity contribution in [2.24, 2.45) is 0 Å². The lowest BCUT2D eigenvalue weighted by atomic mass is 9.81. The number of fused-ring (bicyclic) bond motifs is 11. The molecule has 0 N–H and O–H groups in total. The van der Waals surface area contributed by atoms with Gasteiger partial charge >= 0.3 is 0 Å². The van der Waals surface area contributed by atoms with Crippen molar-refractivity contribution in [2.45, 2.75) is 38.8 Å². The van der Waals surface area contributed by atoms with E-state index in [1.807, 2.05) is 0 Å². The Hall–Kier alpha value is -8.44. The molecule has 14 rings (SSSR count). The molecule has 2 heterocycles. The van der Waals surface area contributed by atoms with Crippen molar-refractivity contribution in [2.75, 3.05) is 9.80 Å². The lowest BCUT2D eigenvalue weighted by molar-refractivity contribution is 0.634. The van der Waals surface area contributed by atoms with E-state index < -0.39 is 8.07 Å². The summed E-state index contributed by atoms with van der Waals surface area (Å²) in [6.07, 6.45) is 0.885. The maximum Gasteiger partial charge on any atom is 0.135 e. The first-order chi connectivity index (χ1) is 35.3. The Morgan fingerprint density at radius 1 is 0.431 bits per heavy atom. The van der Waals surface area contributed by atoms with Crippen LogP contribution >= 0.6 is 0 Å². The number of nitrogens with zero attached hydrogens (tertiary/aromatic N) is 2. The maximum absolute atomic E-state index is 7.21. The van der Waals surface area contributed by atoms with E-state index in [-0.39, 0.29) is 5.41 Å². The number of hydrogen-bond acceptors (Lipinski definition) is 3. The molecule has 10 aromatic carbocycles. The van der Waals surface area contributed by atoms with Crippen LogP contribution in [0.5, 0.6) is 0 Å². The van der Waals surface area contributed by atoms with E-state index in [4.69, 9.17) is 4.42 Å². The van der Waals surface area contributed by atoms with Gasteiger partial charge in [-0.2, -0.15) is 0 Å². The second-order valence-electron chi connectivity index (χ2n) is 20.8. The van der Waals surface area contributed by atoms with Crippen LogP contribution in [0.15, 0.2) is 235 Å². The van der Waals surface area contributed by atoms with Gasteiger partial charge in [0.1, 0.15) is 19.4 Å². The second kappa shape index (κ2) is 16.0. The quantitative estimate of drug-likeness (QED) is 0.142. The van der Waals surface area contributed by atoms with Crippen molar-refractivity contribution >= 4 is 63.5 Å². The van der Waals surface area contributed by atoms with Crippen molar-refractivity contribution in [3.63, 3.8) is 0 Å². The minimum atomic E-state index is -2.33. The van der Waals surface area contributed by atoms with Crippen LogP contribution in [0.3, 0.4) is 0 Å². The summed E-state index contributed by atoms with van der Waals surface area (Å²) in [6.45, 7) is 9.80. The topological polar surface area (TPSA) is 19.6 Å². The highest BCUT2D eigenvalue weighted by atomic mass is 28.3. The average molecular weight is 941 g/mol. The predicted molar refractivity (Wildman–Crippen MR) is 304 cm³/mol. The van der Waals surface area contributed by atoms with Gasteiger partial charge in [0, 0.05) is 45.3 Å². The summed E-state index contributed by atoms with van der Waals surface area (Å²) < 4.78 is 7.21. The van der Waals surface area contributed by atoms with Crippen LogP contribution < -0.4 is 20.2 Å². The Bertz CT molecular complexity index is 3980. The number of rotatable bonds is 8. The van der Waals surface area contributed by atoms with Crippen LogP contribution in [0.1, 0.15) is 36.1 Å². The largest absolute Gasteiger partial charge is 0.456 e. The molecule has 72 heavy (non-hydrogen) atoms. The van der Waals surface area contributed by atoms with Crippen LogP contribution in [0.2, 0.25) is 13.1 Å². The normalized spacial score (nSPS) is 14.0. The van der Waals surface area contributed by atoms with E-state index in [0.29, 0.717) is 0 Å². The maximum atomic E-state index is 7.21. The third-order valence-corrected chi connectivity index (χ3v) is 19.6. The van der Waals surface area contributed by atoms with Gasteiger partial charge < -0.3 is 14.2 Å². The van der Waals surface area contributed by atoms with Crippen molar-refractivity contribution in [1.29, 1.82) is 0 Å². The zero-order chi connectivity index (χ0) is 48.3. The Balaban J connectivity index is 0.962. The molecule has 0 atom stereocenters. The zero-order valence-electron chi connectivity index (χ0n) is 40.9. The minimum absolute atomic E-state index is 0.225. The summed E-state index contributed by atoms with van der Waals surface area (Å²) in [5, 5.41) is 3.96. The smallest absolute Gasteiger partial charge is 0.135 e. The summed E-state index contributed by atoms with van der Waals surface area (Å²) in [6, 6.07) is 85.2. The molecule has 0 fully saturated rings. The molecular formula is C68H52N2OSi. The van der Waals surface area contributed by atoms with Gasteiger partial charge in [-0.25, -0.2) is 0 Å². The van der Waals surface area contributed by atoms with Gasteiger partial charge in [-0.1, -0.05) is 203 Å². The summed E-state index contributed by atoms with van der Waals surface area (Å²) in [7, 11) is -2.33. The molecule has 3 nitrogen and oxygen atoms in total. The Morgan fingerprint density at radius 3 is 1.67 bits per heavy atom. The zero-order valence-corrected chi connectivity index (χ0v) is 41.9. The molecule has 0 spiro atoms. The fourth-order valence-electron chi connectivity index (χ4n) is 12.8. The molecule has 4 heteroatoms. The fourth-order valence-corrected chi connectivity index (χ4v) is 16.1. The highest BCUT2D eigenvalue weighted by Crippen LogP contribution is 2.56. The molecule has 1 aliphatic heterocycles. The van der Waals surface area contributed by atoms with Gasteiger partial charge in [0.25, 0.3) is 0 Å². The molecule has 11 aromatic rings. The van der Waals surface area contributed by atoms with Gasteiger partial charge in [0.2, 0.25) is 0 Å². The predicted octanol–water partition coefficient (Wildman–Crippen LogP) is 17.4. The molecule has 344 valence electrons. The highest BCUT2D eigenvalue weighted by molar-refractivity contribution is 7.05. The summed E-state index contributed by atoms with van der Waals surface area (Å²) >= 11 is 0. The first-order valence-corrected chi connectivity index (χ1v) is 28.3. The Labute approximate surface area is 422 Å². The number of benzene rings is 10. The number of para-hydroxylation sites is 2. The van der Waals surface area contributed by atoms with E-state index in [1.165, 1.54) is 99.5 Å². The van der Waals surface area contributed by atoms with Gasteiger partial charge in [-0.05, 0) is 121 Å². The molecular weight excluding hydrogens is 889 g/mol.